The van der Waals surface area contributed by atoms with Crippen molar-refractivity contribution < 1.29 is 23.8 Å². The molecule has 0 spiro atoms. The molecule has 0 saturated carbocycles. The first-order chi connectivity index (χ1) is 7.52. The van der Waals surface area contributed by atoms with Gasteiger partial charge in [0, 0.05) is 6.42 Å². The van der Waals surface area contributed by atoms with Gasteiger partial charge >= 0.3 is 11.9 Å². The van der Waals surface area contributed by atoms with Crippen molar-refractivity contribution >= 4 is 17.7 Å². The van der Waals surface area contributed by atoms with Gasteiger partial charge in [0.15, 0.2) is 0 Å². The van der Waals surface area contributed by atoms with Crippen LogP contribution in [0.4, 0.5) is 4.39 Å². The summed E-state index contributed by atoms with van der Waals surface area (Å²) in [5.74, 6) is -2.30. The molecule has 0 aliphatic heterocycles. The number of carbonyl (C=O) groups is 2. The Bertz CT molecular complexity index is 335. The maximum absolute atomic E-state index is 12.6. The zero-order valence-electron chi connectivity index (χ0n) is 10.5. The molecule has 0 aromatic rings. The summed E-state index contributed by atoms with van der Waals surface area (Å²) in [5, 5.41) is 16.2. The van der Waals surface area contributed by atoms with E-state index in [-0.39, 0.29) is 0 Å². The predicted octanol–water partition coefficient (Wildman–Crippen LogP) is 1.80. The number of esters is 1. The largest absolute Gasteiger partial charge is 0.481 e. The monoisotopic (exact) mass is 247 g/mol. The van der Waals surface area contributed by atoms with Gasteiger partial charge in [-0.15, -0.1) is 0 Å². The molecule has 0 aliphatic carbocycles. The summed E-state index contributed by atoms with van der Waals surface area (Å²) in [6, 6.07) is 0. The van der Waals surface area contributed by atoms with Gasteiger partial charge < -0.3 is 9.84 Å². The number of nitrogens with one attached hydrogen (secondary N) is 1. The van der Waals surface area contributed by atoms with Crippen molar-refractivity contribution in [2.75, 3.05) is 6.67 Å². The van der Waals surface area contributed by atoms with Crippen molar-refractivity contribution in [1.82, 2.24) is 0 Å². The Kier molecular flexibility index (Phi) is 4.80. The van der Waals surface area contributed by atoms with Gasteiger partial charge in [-0.3, -0.25) is 10.2 Å². The van der Waals surface area contributed by atoms with E-state index in [1.165, 1.54) is 0 Å². The number of carboxylic acid groups (broad SMARTS) is 1. The van der Waals surface area contributed by atoms with Gasteiger partial charge in [-0.2, -0.15) is 0 Å². The Morgan fingerprint density at radius 2 is 1.76 bits per heavy atom. The smallest absolute Gasteiger partial charge is 0.352 e. The summed E-state index contributed by atoms with van der Waals surface area (Å²) in [6.07, 6.45) is -0.492. The molecule has 0 heterocycles. The Hall–Kier alpha value is -1.46. The Balaban J connectivity index is 4.65. The maximum atomic E-state index is 12.6. The lowest BCUT2D eigenvalue weighted by molar-refractivity contribution is -0.149. The highest BCUT2D eigenvalue weighted by Gasteiger charge is 2.37. The standard InChI is InChI=1S/C11H18FNO4/c1-10(2,3)17-8(14)7(13)5-11(4,6-12)9(15)16/h13H,5-6H2,1-4H3,(H,15,16). The first kappa shape index (κ1) is 15.5. The molecule has 1 unspecified atom stereocenters. The number of rotatable bonds is 5. The molecule has 0 fully saturated rings. The highest BCUT2D eigenvalue weighted by molar-refractivity contribution is 6.35. The van der Waals surface area contributed by atoms with E-state index in [0.717, 1.165) is 6.92 Å². The molecule has 0 aromatic carbocycles. The van der Waals surface area contributed by atoms with Gasteiger partial charge in [0.2, 0.25) is 0 Å². The van der Waals surface area contributed by atoms with Gasteiger partial charge in [0.05, 0.1) is 5.41 Å². The van der Waals surface area contributed by atoms with E-state index in [1.54, 1.807) is 20.8 Å². The SMILES string of the molecule is CC(C)(C)OC(=O)C(=N)CC(C)(CF)C(=O)O. The third kappa shape index (κ3) is 4.93. The Morgan fingerprint density at radius 1 is 1.29 bits per heavy atom. The minimum atomic E-state index is -1.76. The molecule has 0 amide bonds. The minimum absolute atomic E-state index is 0.492. The van der Waals surface area contributed by atoms with Crippen molar-refractivity contribution in [3.05, 3.63) is 0 Å². The lowest BCUT2D eigenvalue weighted by Crippen LogP contribution is -2.36. The number of hydrogen-bond donors (Lipinski definition) is 2. The third-order valence-corrected chi connectivity index (χ3v) is 2.02. The molecule has 17 heavy (non-hydrogen) atoms. The number of carboxylic acids is 1. The zero-order valence-corrected chi connectivity index (χ0v) is 10.5. The van der Waals surface area contributed by atoms with E-state index < -0.39 is 41.8 Å². The van der Waals surface area contributed by atoms with Crippen LogP contribution in [0.5, 0.6) is 0 Å². The second kappa shape index (κ2) is 5.25. The topological polar surface area (TPSA) is 87.5 Å². The maximum Gasteiger partial charge on any atom is 0.352 e. The molecule has 0 rings (SSSR count). The first-order valence-corrected chi connectivity index (χ1v) is 5.12. The minimum Gasteiger partial charge on any atom is -0.481 e. The summed E-state index contributed by atoms with van der Waals surface area (Å²) >= 11 is 0. The molecule has 6 heteroatoms. The van der Waals surface area contributed by atoms with Crippen LogP contribution >= 0.6 is 0 Å². The van der Waals surface area contributed by atoms with Crippen LogP contribution in [0.25, 0.3) is 0 Å². The van der Waals surface area contributed by atoms with Crippen LogP contribution in [-0.2, 0) is 14.3 Å². The summed E-state index contributed by atoms with van der Waals surface area (Å²) < 4.78 is 17.5. The van der Waals surface area contributed by atoms with Crippen molar-refractivity contribution in [2.24, 2.45) is 5.41 Å². The highest BCUT2D eigenvalue weighted by atomic mass is 19.1. The molecular weight excluding hydrogens is 229 g/mol. The summed E-state index contributed by atoms with van der Waals surface area (Å²) in [7, 11) is 0. The van der Waals surface area contributed by atoms with Gasteiger partial charge in [-0.1, -0.05) is 0 Å². The van der Waals surface area contributed by atoms with Gasteiger partial charge in [0.25, 0.3) is 0 Å². The number of ether oxygens (including phenoxy) is 1. The van der Waals surface area contributed by atoms with Crippen LogP contribution in [0, 0.1) is 10.8 Å². The average Bonchev–Trinajstić information content (AvgIpc) is 2.14. The summed E-state index contributed by atoms with van der Waals surface area (Å²) in [4.78, 5) is 22.2. The lowest BCUT2D eigenvalue weighted by Gasteiger charge is -2.23. The van der Waals surface area contributed by atoms with Crippen molar-refractivity contribution in [3.8, 4) is 0 Å². The number of alkyl halides is 1. The van der Waals surface area contributed by atoms with Crippen LogP contribution < -0.4 is 0 Å². The third-order valence-electron chi connectivity index (χ3n) is 2.02. The van der Waals surface area contributed by atoms with Gasteiger partial charge in [0.1, 0.15) is 18.0 Å². The molecule has 98 valence electrons. The second-order valence-electron chi connectivity index (χ2n) is 5.16. The van der Waals surface area contributed by atoms with Crippen molar-refractivity contribution in [3.63, 3.8) is 0 Å². The van der Waals surface area contributed by atoms with E-state index in [2.05, 4.69) is 0 Å². The molecule has 2 N–H and O–H groups in total. The molecule has 0 radical (unpaired) electrons. The highest BCUT2D eigenvalue weighted by Crippen LogP contribution is 2.23. The van der Waals surface area contributed by atoms with Crippen molar-refractivity contribution in [1.29, 1.82) is 5.41 Å². The second-order valence-corrected chi connectivity index (χ2v) is 5.16. The quantitative estimate of drug-likeness (QED) is 0.572. The molecular formula is C11H18FNO4. The fourth-order valence-electron chi connectivity index (χ4n) is 0.982. The molecule has 5 nitrogen and oxygen atoms in total. The molecule has 0 bridgehead atoms. The fraction of sp³-hybridized carbons (Fsp3) is 0.727. The number of hydrogen-bond acceptors (Lipinski definition) is 4. The number of aliphatic carboxylic acids is 1. The normalized spacial score (nSPS) is 14.9. The molecule has 0 saturated heterocycles. The Morgan fingerprint density at radius 3 is 2.06 bits per heavy atom. The van der Waals surface area contributed by atoms with Crippen LogP contribution in [0.15, 0.2) is 0 Å². The molecule has 0 aromatic heterocycles. The predicted molar refractivity (Wildman–Crippen MR) is 59.9 cm³/mol. The Labute approximate surface area is 99.5 Å². The summed E-state index contributed by atoms with van der Waals surface area (Å²) in [6.45, 7) is 4.89. The van der Waals surface area contributed by atoms with E-state index in [1.807, 2.05) is 0 Å². The van der Waals surface area contributed by atoms with E-state index in [0.29, 0.717) is 0 Å². The van der Waals surface area contributed by atoms with E-state index >= 15 is 0 Å². The first-order valence-electron chi connectivity index (χ1n) is 5.12. The van der Waals surface area contributed by atoms with Crippen LogP contribution in [0.1, 0.15) is 34.1 Å². The van der Waals surface area contributed by atoms with Crippen molar-refractivity contribution in [2.45, 2.75) is 39.7 Å². The van der Waals surface area contributed by atoms with Crippen LogP contribution in [0.2, 0.25) is 0 Å². The van der Waals surface area contributed by atoms with Crippen LogP contribution in [0.3, 0.4) is 0 Å². The van der Waals surface area contributed by atoms with Gasteiger partial charge in [-0.25, -0.2) is 9.18 Å². The van der Waals surface area contributed by atoms with E-state index in [4.69, 9.17) is 15.3 Å². The van der Waals surface area contributed by atoms with Crippen LogP contribution in [-0.4, -0.2) is 35.0 Å². The summed E-state index contributed by atoms with van der Waals surface area (Å²) in [5.41, 5.74) is -3.06. The van der Waals surface area contributed by atoms with E-state index in [9.17, 15) is 14.0 Å². The fourth-order valence-corrected chi connectivity index (χ4v) is 0.982. The number of carbonyl (C=O) groups excluding carboxylic acids is 1. The molecule has 1 atom stereocenters. The molecule has 0 aliphatic rings. The van der Waals surface area contributed by atoms with Gasteiger partial charge in [-0.05, 0) is 27.7 Å². The average molecular weight is 247 g/mol. The lowest BCUT2D eigenvalue weighted by atomic mass is 9.86. The zero-order chi connectivity index (χ0) is 13.9. The number of halogens is 1.